The van der Waals surface area contributed by atoms with E-state index in [0.29, 0.717) is 12.1 Å². The van der Waals surface area contributed by atoms with Gasteiger partial charge in [-0.3, -0.25) is 9.36 Å². The molecule has 0 saturated heterocycles. The highest BCUT2D eigenvalue weighted by Gasteiger charge is 2.10. The molecule has 3 aromatic rings. The van der Waals surface area contributed by atoms with Crippen molar-refractivity contribution in [3.8, 4) is 0 Å². The Morgan fingerprint density at radius 3 is 2.90 bits per heavy atom. The van der Waals surface area contributed by atoms with E-state index in [4.69, 9.17) is 0 Å². The summed E-state index contributed by atoms with van der Waals surface area (Å²) in [6.45, 7) is 3.69. The Balaban J connectivity index is 2.04. The number of H-pyrrole nitrogens is 1. The first-order valence-corrected chi connectivity index (χ1v) is 7.18. The minimum absolute atomic E-state index is 0.00705. The summed E-state index contributed by atoms with van der Waals surface area (Å²) in [4.78, 5) is 22.3. The van der Waals surface area contributed by atoms with E-state index in [0.717, 1.165) is 29.4 Å². The van der Waals surface area contributed by atoms with Crippen LogP contribution >= 0.6 is 0 Å². The summed E-state index contributed by atoms with van der Waals surface area (Å²) in [5, 5.41) is 1.02. The number of benzene rings is 1. The van der Waals surface area contributed by atoms with Crippen molar-refractivity contribution in [2.75, 3.05) is 20.6 Å². The number of aryl methyl sites for hydroxylation is 2. The number of fused-ring (bicyclic) bond motifs is 3. The second kappa shape index (κ2) is 5.33. The highest BCUT2D eigenvalue weighted by molar-refractivity contribution is 6.04. The van der Waals surface area contributed by atoms with Crippen molar-refractivity contribution < 1.29 is 0 Å². The van der Waals surface area contributed by atoms with E-state index in [-0.39, 0.29) is 5.56 Å². The molecule has 5 nitrogen and oxygen atoms in total. The molecule has 0 spiro atoms. The van der Waals surface area contributed by atoms with E-state index in [9.17, 15) is 4.79 Å². The van der Waals surface area contributed by atoms with Gasteiger partial charge in [-0.15, -0.1) is 0 Å². The molecule has 21 heavy (non-hydrogen) atoms. The lowest BCUT2D eigenvalue weighted by Crippen LogP contribution is -2.23. The fraction of sp³-hybridized carbons (Fsp3) is 0.375. The number of aromatic amines is 1. The quantitative estimate of drug-likeness (QED) is 0.798. The van der Waals surface area contributed by atoms with Crippen LogP contribution in [-0.4, -0.2) is 40.1 Å². The molecule has 1 aromatic carbocycles. The van der Waals surface area contributed by atoms with Crippen LogP contribution in [0.1, 0.15) is 12.0 Å². The lowest BCUT2D eigenvalue weighted by molar-refractivity contribution is 0.384. The van der Waals surface area contributed by atoms with Crippen LogP contribution in [0.4, 0.5) is 0 Å². The van der Waals surface area contributed by atoms with Gasteiger partial charge in [-0.1, -0.05) is 11.6 Å². The van der Waals surface area contributed by atoms with Gasteiger partial charge in [0.05, 0.1) is 6.33 Å². The van der Waals surface area contributed by atoms with Crippen LogP contribution in [0.3, 0.4) is 0 Å². The van der Waals surface area contributed by atoms with E-state index in [1.807, 2.05) is 33.2 Å². The summed E-state index contributed by atoms with van der Waals surface area (Å²) in [5.74, 6) is 0. The van der Waals surface area contributed by atoms with Crippen LogP contribution in [0.5, 0.6) is 0 Å². The van der Waals surface area contributed by atoms with Crippen molar-refractivity contribution in [1.82, 2.24) is 19.4 Å². The minimum atomic E-state index is 0.00705. The fourth-order valence-corrected chi connectivity index (χ4v) is 2.62. The number of hydrogen-bond acceptors (Lipinski definition) is 3. The first-order chi connectivity index (χ1) is 10.1. The molecule has 2 heterocycles. The lowest BCUT2D eigenvalue weighted by Gasteiger charge is -2.10. The van der Waals surface area contributed by atoms with Crippen LogP contribution in [0.25, 0.3) is 21.9 Å². The third kappa shape index (κ3) is 2.56. The number of nitrogens with zero attached hydrogens (tertiary/aromatic N) is 3. The summed E-state index contributed by atoms with van der Waals surface area (Å²) in [6, 6.07) is 6.10. The van der Waals surface area contributed by atoms with Gasteiger partial charge in [-0.2, -0.15) is 0 Å². The highest BCUT2D eigenvalue weighted by atomic mass is 16.1. The summed E-state index contributed by atoms with van der Waals surface area (Å²) in [7, 11) is 4.06. The van der Waals surface area contributed by atoms with Crippen LogP contribution in [-0.2, 0) is 6.54 Å². The SMILES string of the molecule is Cc1ccc2[nH]c3c(=O)n(CCCN(C)C)cnc3c2c1. The second-order valence-corrected chi connectivity index (χ2v) is 5.80. The predicted octanol–water partition coefficient (Wildman–Crippen LogP) is 2.14. The molecule has 0 aliphatic heterocycles. The Hall–Kier alpha value is -2.14. The Morgan fingerprint density at radius 2 is 2.14 bits per heavy atom. The van der Waals surface area contributed by atoms with Gasteiger partial charge in [-0.25, -0.2) is 4.98 Å². The monoisotopic (exact) mass is 284 g/mol. The smallest absolute Gasteiger partial charge is 0.277 e. The zero-order valence-electron chi connectivity index (χ0n) is 12.7. The molecule has 0 atom stereocenters. The topological polar surface area (TPSA) is 53.9 Å². The molecule has 0 amide bonds. The molecular weight excluding hydrogens is 264 g/mol. The van der Waals surface area contributed by atoms with E-state index in [1.165, 1.54) is 5.56 Å². The van der Waals surface area contributed by atoms with Gasteiger partial charge in [0.15, 0.2) is 0 Å². The average molecular weight is 284 g/mol. The molecular formula is C16H20N4O. The zero-order chi connectivity index (χ0) is 15.0. The first-order valence-electron chi connectivity index (χ1n) is 7.18. The number of hydrogen-bond donors (Lipinski definition) is 1. The zero-order valence-corrected chi connectivity index (χ0v) is 12.7. The van der Waals surface area contributed by atoms with Crippen LogP contribution < -0.4 is 5.56 Å². The van der Waals surface area contributed by atoms with Crippen molar-refractivity contribution in [1.29, 1.82) is 0 Å². The molecule has 0 unspecified atom stereocenters. The van der Waals surface area contributed by atoms with Crippen molar-refractivity contribution in [2.45, 2.75) is 19.9 Å². The Labute approximate surface area is 123 Å². The molecule has 0 radical (unpaired) electrons. The van der Waals surface area contributed by atoms with Gasteiger partial charge >= 0.3 is 0 Å². The lowest BCUT2D eigenvalue weighted by atomic mass is 10.2. The average Bonchev–Trinajstić information content (AvgIpc) is 2.80. The molecule has 2 aromatic heterocycles. The third-order valence-corrected chi connectivity index (χ3v) is 3.73. The molecule has 0 bridgehead atoms. The molecule has 0 saturated carbocycles. The Kier molecular flexibility index (Phi) is 3.51. The maximum Gasteiger partial charge on any atom is 0.277 e. The number of rotatable bonds is 4. The van der Waals surface area contributed by atoms with Gasteiger partial charge in [0.25, 0.3) is 5.56 Å². The van der Waals surface area contributed by atoms with Gasteiger partial charge in [0, 0.05) is 17.4 Å². The first kappa shape index (κ1) is 13.8. The van der Waals surface area contributed by atoms with E-state index >= 15 is 0 Å². The number of aromatic nitrogens is 3. The molecule has 3 rings (SSSR count). The van der Waals surface area contributed by atoms with Crippen molar-refractivity contribution in [3.63, 3.8) is 0 Å². The standard InChI is InChI=1S/C16H20N4O/c1-11-5-6-13-12(9-11)14-15(18-13)16(21)20(10-17-14)8-4-7-19(2)3/h5-6,9-10,18H,4,7-8H2,1-3H3. The number of nitrogens with one attached hydrogen (secondary N) is 1. The fourth-order valence-electron chi connectivity index (χ4n) is 2.62. The van der Waals surface area contributed by atoms with E-state index in [1.54, 1.807) is 10.9 Å². The molecule has 1 N–H and O–H groups in total. The van der Waals surface area contributed by atoms with E-state index in [2.05, 4.69) is 20.9 Å². The summed E-state index contributed by atoms with van der Waals surface area (Å²) >= 11 is 0. The molecule has 0 aliphatic rings. The normalized spacial score (nSPS) is 11.8. The van der Waals surface area contributed by atoms with Gasteiger partial charge in [-0.05, 0) is 46.1 Å². The van der Waals surface area contributed by atoms with E-state index < -0.39 is 0 Å². The summed E-state index contributed by atoms with van der Waals surface area (Å²) in [6.07, 6.45) is 2.59. The highest BCUT2D eigenvalue weighted by Crippen LogP contribution is 2.22. The van der Waals surface area contributed by atoms with Crippen LogP contribution in [0.15, 0.2) is 29.3 Å². The second-order valence-electron chi connectivity index (χ2n) is 5.80. The van der Waals surface area contributed by atoms with Crippen molar-refractivity contribution in [3.05, 3.63) is 40.4 Å². The summed E-state index contributed by atoms with van der Waals surface area (Å²) in [5.41, 5.74) is 3.50. The third-order valence-electron chi connectivity index (χ3n) is 3.73. The molecule has 0 fully saturated rings. The Morgan fingerprint density at radius 1 is 1.33 bits per heavy atom. The maximum atomic E-state index is 12.5. The summed E-state index contributed by atoms with van der Waals surface area (Å²) < 4.78 is 1.69. The molecule has 0 aliphatic carbocycles. The minimum Gasteiger partial charge on any atom is -0.349 e. The van der Waals surface area contributed by atoms with Crippen molar-refractivity contribution in [2.24, 2.45) is 0 Å². The largest absolute Gasteiger partial charge is 0.349 e. The predicted molar refractivity (Wildman–Crippen MR) is 85.8 cm³/mol. The van der Waals surface area contributed by atoms with Gasteiger partial charge in [0.1, 0.15) is 11.0 Å². The molecule has 5 heteroatoms. The maximum absolute atomic E-state index is 12.5. The Bertz CT molecular complexity index is 844. The van der Waals surface area contributed by atoms with Gasteiger partial charge < -0.3 is 9.88 Å². The van der Waals surface area contributed by atoms with Crippen molar-refractivity contribution >= 4 is 21.9 Å². The van der Waals surface area contributed by atoms with Crippen LogP contribution in [0, 0.1) is 6.92 Å². The van der Waals surface area contributed by atoms with Crippen LogP contribution in [0.2, 0.25) is 0 Å². The van der Waals surface area contributed by atoms with Gasteiger partial charge in [0.2, 0.25) is 0 Å². The molecule has 110 valence electrons.